The summed E-state index contributed by atoms with van der Waals surface area (Å²) in [4.78, 5) is 13.7. The molecule has 1 aliphatic heterocycles. The van der Waals surface area contributed by atoms with Gasteiger partial charge in [0.05, 0.1) is 11.3 Å². The molecule has 0 spiro atoms. The Balaban J connectivity index is 2.07. The number of hydrogen-bond donors (Lipinski definition) is 1. The average molecular weight is 346 g/mol. The first-order valence-corrected chi connectivity index (χ1v) is 9.13. The van der Waals surface area contributed by atoms with Crippen LogP contribution < -0.4 is 4.72 Å². The van der Waals surface area contributed by atoms with Gasteiger partial charge in [-0.05, 0) is 31.4 Å². The number of halogens is 2. The molecule has 1 heterocycles. The van der Waals surface area contributed by atoms with Crippen LogP contribution in [0, 0.1) is 18.6 Å². The SMILES string of the molecule is CCCS(=O)(=O)NC1CCN(C(=O)c2cc(C)c(F)cc2F)C1. The largest absolute Gasteiger partial charge is 0.337 e. The second-order valence-electron chi connectivity index (χ2n) is 5.75. The van der Waals surface area contributed by atoms with Gasteiger partial charge in [0.2, 0.25) is 10.0 Å². The summed E-state index contributed by atoms with van der Waals surface area (Å²) in [6.45, 7) is 3.73. The predicted octanol–water partition coefficient (Wildman–Crippen LogP) is 1.82. The van der Waals surface area contributed by atoms with Crippen LogP contribution in [0.4, 0.5) is 8.78 Å². The Hall–Kier alpha value is -1.54. The Morgan fingerprint density at radius 2 is 2.04 bits per heavy atom. The van der Waals surface area contributed by atoms with Gasteiger partial charge >= 0.3 is 0 Å². The fraction of sp³-hybridized carbons (Fsp3) is 0.533. The van der Waals surface area contributed by atoms with Gasteiger partial charge < -0.3 is 4.90 Å². The second-order valence-corrected chi connectivity index (χ2v) is 7.63. The lowest BCUT2D eigenvalue weighted by Gasteiger charge is -2.18. The molecule has 1 atom stereocenters. The molecule has 1 aromatic carbocycles. The van der Waals surface area contributed by atoms with E-state index < -0.39 is 27.6 Å². The number of nitrogens with zero attached hydrogens (tertiary/aromatic N) is 1. The number of carbonyl (C=O) groups excluding carboxylic acids is 1. The highest BCUT2D eigenvalue weighted by molar-refractivity contribution is 7.89. The van der Waals surface area contributed by atoms with Crippen molar-refractivity contribution in [1.82, 2.24) is 9.62 Å². The molecule has 1 N–H and O–H groups in total. The molecule has 5 nitrogen and oxygen atoms in total. The Labute approximate surface area is 134 Å². The molecule has 0 saturated carbocycles. The number of benzene rings is 1. The second kappa shape index (κ2) is 6.92. The van der Waals surface area contributed by atoms with Gasteiger partial charge in [-0.2, -0.15) is 0 Å². The van der Waals surface area contributed by atoms with Crippen LogP contribution in [0.15, 0.2) is 12.1 Å². The fourth-order valence-electron chi connectivity index (χ4n) is 2.61. The van der Waals surface area contributed by atoms with Crippen molar-refractivity contribution in [2.75, 3.05) is 18.8 Å². The van der Waals surface area contributed by atoms with Crippen LogP contribution in [0.3, 0.4) is 0 Å². The molecule has 1 fully saturated rings. The van der Waals surface area contributed by atoms with Crippen LogP contribution in [0.25, 0.3) is 0 Å². The van der Waals surface area contributed by atoms with Crippen LogP contribution in [0.5, 0.6) is 0 Å². The van der Waals surface area contributed by atoms with Crippen LogP contribution in [0.1, 0.15) is 35.7 Å². The lowest BCUT2D eigenvalue weighted by Crippen LogP contribution is -2.39. The molecule has 128 valence electrons. The summed E-state index contributed by atoms with van der Waals surface area (Å²) in [6, 6.07) is 1.50. The van der Waals surface area contributed by atoms with Crippen molar-refractivity contribution in [3.8, 4) is 0 Å². The van der Waals surface area contributed by atoms with E-state index in [-0.39, 0.29) is 29.5 Å². The molecule has 0 bridgehead atoms. The van der Waals surface area contributed by atoms with E-state index in [0.29, 0.717) is 25.5 Å². The molecule has 1 aliphatic rings. The van der Waals surface area contributed by atoms with Crippen LogP contribution in [-0.2, 0) is 10.0 Å². The summed E-state index contributed by atoms with van der Waals surface area (Å²) in [5.41, 5.74) is -0.00453. The van der Waals surface area contributed by atoms with E-state index in [9.17, 15) is 22.0 Å². The average Bonchev–Trinajstić information content (AvgIpc) is 2.89. The van der Waals surface area contributed by atoms with Gasteiger partial charge in [-0.15, -0.1) is 0 Å². The molecule has 1 saturated heterocycles. The number of rotatable bonds is 5. The van der Waals surface area contributed by atoms with E-state index in [1.807, 2.05) is 0 Å². The Kier molecular flexibility index (Phi) is 5.36. The Bertz CT molecular complexity index is 707. The summed E-state index contributed by atoms with van der Waals surface area (Å²) < 4.78 is 53.1. The summed E-state index contributed by atoms with van der Waals surface area (Å²) in [5, 5.41) is 0. The topological polar surface area (TPSA) is 66.5 Å². The maximum atomic E-state index is 13.8. The van der Waals surface area contributed by atoms with Crippen molar-refractivity contribution >= 4 is 15.9 Å². The monoisotopic (exact) mass is 346 g/mol. The van der Waals surface area contributed by atoms with Gasteiger partial charge in [-0.1, -0.05) is 6.92 Å². The summed E-state index contributed by atoms with van der Waals surface area (Å²) in [5.74, 6) is -2.13. The van der Waals surface area contributed by atoms with Crippen molar-refractivity contribution in [2.45, 2.75) is 32.7 Å². The van der Waals surface area contributed by atoms with E-state index in [1.165, 1.54) is 17.9 Å². The molecule has 23 heavy (non-hydrogen) atoms. The zero-order valence-corrected chi connectivity index (χ0v) is 13.9. The fourth-order valence-corrected chi connectivity index (χ4v) is 3.97. The van der Waals surface area contributed by atoms with Gasteiger partial charge in [0.25, 0.3) is 5.91 Å². The Morgan fingerprint density at radius 3 is 2.70 bits per heavy atom. The van der Waals surface area contributed by atoms with Gasteiger partial charge in [0.15, 0.2) is 0 Å². The number of carbonyl (C=O) groups is 1. The number of aryl methyl sites for hydroxylation is 1. The number of hydrogen-bond acceptors (Lipinski definition) is 3. The molecule has 0 aliphatic carbocycles. The normalized spacial score (nSPS) is 18.4. The highest BCUT2D eigenvalue weighted by Crippen LogP contribution is 2.19. The van der Waals surface area contributed by atoms with Crippen LogP contribution in [0.2, 0.25) is 0 Å². The first-order valence-electron chi connectivity index (χ1n) is 7.48. The third-order valence-corrected chi connectivity index (χ3v) is 5.41. The molecule has 1 amide bonds. The molecule has 1 unspecified atom stereocenters. The lowest BCUT2D eigenvalue weighted by atomic mass is 10.1. The standard InChI is InChI=1S/C15H20F2N2O3S/c1-3-6-23(21,22)18-11-4-5-19(9-11)15(20)12-7-10(2)13(16)8-14(12)17/h7-8,11,18H,3-6,9H2,1-2H3. The first-order chi connectivity index (χ1) is 10.7. The van der Waals surface area contributed by atoms with Crippen molar-refractivity contribution in [2.24, 2.45) is 0 Å². The van der Waals surface area contributed by atoms with Crippen molar-refractivity contribution < 1.29 is 22.0 Å². The predicted molar refractivity (Wildman–Crippen MR) is 82.6 cm³/mol. The van der Waals surface area contributed by atoms with Crippen molar-refractivity contribution in [3.05, 3.63) is 34.9 Å². The number of sulfonamides is 1. The maximum Gasteiger partial charge on any atom is 0.256 e. The summed E-state index contributed by atoms with van der Waals surface area (Å²) >= 11 is 0. The number of nitrogens with one attached hydrogen (secondary N) is 1. The molecular formula is C15H20F2N2O3S. The van der Waals surface area contributed by atoms with Gasteiger partial charge in [0, 0.05) is 25.2 Å². The van der Waals surface area contributed by atoms with Gasteiger partial charge in [-0.3, -0.25) is 4.79 Å². The molecule has 8 heteroatoms. The zero-order valence-electron chi connectivity index (χ0n) is 13.1. The minimum absolute atomic E-state index is 0.0310. The minimum Gasteiger partial charge on any atom is -0.337 e. The van der Waals surface area contributed by atoms with Crippen molar-refractivity contribution in [3.63, 3.8) is 0 Å². The third kappa shape index (κ3) is 4.26. The molecule has 2 rings (SSSR count). The van der Waals surface area contributed by atoms with E-state index in [2.05, 4.69) is 4.72 Å². The van der Waals surface area contributed by atoms with Crippen LogP contribution in [-0.4, -0.2) is 44.1 Å². The van der Waals surface area contributed by atoms with E-state index in [4.69, 9.17) is 0 Å². The smallest absolute Gasteiger partial charge is 0.256 e. The van der Waals surface area contributed by atoms with Crippen LogP contribution >= 0.6 is 0 Å². The molecule has 0 radical (unpaired) electrons. The van der Waals surface area contributed by atoms with E-state index in [1.54, 1.807) is 6.92 Å². The van der Waals surface area contributed by atoms with E-state index >= 15 is 0 Å². The van der Waals surface area contributed by atoms with Gasteiger partial charge in [-0.25, -0.2) is 21.9 Å². The summed E-state index contributed by atoms with van der Waals surface area (Å²) in [6.07, 6.45) is 0.973. The highest BCUT2D eigenvalue weighted by atomic mass is 32.2. The molecular weight excluding hydrogens is 326 g/mol. The van der Waals surface area contributed by atoms with Crippen molar-refractivity contribution in [1.29, 1.82) is 0 Å². The maximum absolute atomic E-state index is 13.8. The van der Waals surface area contributed by atoms with Gasteiger partial charge in [0.1, 0.15) is 11.6 Å². The minimum atomic E-state index is -3.36. The quantitative estimate of drug-likeness (QED) is 0.884. The summed E-state index contributed by atoms with van der Waals surface area (Å²) in [7, 11) is -3.36. The molecule has 1 aromatic rings. The van der Waals surface area contributed by atoms with E-state index in [0.717, 1.165) is 0 Å². The number of amides is 1. The Morgan fingerprint density at radius 1 is 1.35 bits per heavy atom. The zero-order chi connectivity index (χ0) is 17.2. The third-order valence-electron chi connectivity index (χ3n) is 3.77. The number of likely N-dealkylation sites (tertiary alicyclic amines) is 1. The first kappa shape index (κ1) is 17.8. The highest BCUT2D eigenvalue weighted by Gasteiger charge is 2.30. The molecule has 0 aromatic heterocycles. The lowest BCUT2D eigenvalue weighted by molar-refractivity contribution is 0.0785.